The first-order chi connectivity index (χ1) is 15.7. The maximum absolute atomic E-state index is 11.9. The van der Waals surface area contributed by atoms with Crippen molar-refractivity contribution in [3.05, 3.63) is 107 Å². The SMILES string of the molecule is O=C(CO/N=C/c1ccc(OCc2cccc3ccccc23)cc1)Nc1ccc(Cl)cc1. The first-order valence-electron chi connectivity index (χ1n) is 10.1. The van der Waals surface area contributed by atoms with Crippen molar-refractivity contribution in [2.24, 2.45) is 5.16 Å². The molecule has 0 unspecified atom stereocenters. The van der Waals surface area contributed by atoms with E-state index in [9.17, 15) is 4.79 Å². The standard InChI is InChI=1S/C26H21ClN2O3/c27-22-10-12-23(13-11-22)29-26(30)18-32-28-16-19-8-14-24(15-9-19)31-17-21-6-3-5-20-4-1-2-7-25(20)21/h1-16H,17-18H2,(H,29,30)/b28-16+. The number of anilines is 1. The zero-order chi connectivity index (χ0) is 22.2. The van der Waals surface area contributed by atoms with Gasteiger partial charge in [0.05, 0.1) is 6.21 Å². The largest absolute Gasteiger partial charge is 0.489 e. The lowest BCUT2D eigenvalue weighted by molar-refractivity contribution is -0.120. The highest BCUT2D eigenvalue weighted by Gasteiger charge is 2.03. The van der Waals surface area contributed by atoms with Crippen LogP contribution in [0.15, 0.2) is 96.2 Å². The van der Waals surface area contributed by atoms with Gasteiger partial charge in [-0.05, 0) is 70.4 Å². The summed E-state index contributed by atoms with van der Waals surface area (Å²) in [6.45, 7) is 0.298. The number of rotatable bonds is 8. The molecule has 1 amide bonds. The van der Waals surface area contributed by atoms with E-state index in [1.807, 2.05) is 42.5 Å². The van der Waals surface area contributed by atoms with Gasteiger partial charge in [0.25, 0.3) is 5.91 Å². The number of nitrogens with zero attached hydrogens (tertiary/aromatic N) is 1. The van der Waals surface area contributed by atoms with E-state index in [0.29, 0.717) is 17.3 Å². The Morgan fingerprint density at radius 1 is 0.906 bits per heavy atom. The van der Waals surface area contributed by atoms with Gasteiger partial charge in [-0.15, -0.1) is 0 Å². The highest BCUT2D eigenvalue weighted by atomic mass is 35.5. The molecule has 1 N–H and O–H groups in total. The molecule has 0 aliphatic carbocycles. The Balaban J connectivity index is 1.25. The number of oxime groups is 1. The van der Waals surface area contributed by atoms with Gasteiger partial charge in [0.15, 0.2) is 6.61 Å². The second-order valence-corrected chi connectivity index (χ2v) is 7.50. The highest BCUT2D eigenvalue weighted by Crippen LogP contribution is 2.21. The quantitative estimate of drug-likeness (QED) is 0.265. The molecule has 0 saturated heterocycles. The van der Waals surface area contributed by atoms with E-state index >= 15 is 0 Å². The molecule has 32 heavy (non-hydrogen) atoms. The molecule has 0 fully saturated rings. The Hall–Kier alpha value is -3.83. The number of halogens is 1. The van der Waals surface area contributed by atoms with Crippen LogP contribution in [0, 0.1) is 0 Å². The minimum atomic E-state index is -0.304. The Bertz CT molecular complexity index is 1220. The van der Waals surface area contributed by atoms with Crippen LogP contribution in [0.5, 0.6) is 5.75 Å². The summed E-state index contributed by atoms with van der Waals surface area (Å²) in [6.07, 6.45) is 1.55. The minimum absolute atomic E-state index is 0.189. The lowest BCUT2D eigenvalue weighted by Crippen LogP contribution is -2.16. The van der Waals surface area contributed by atoms with Crippen molar-refractivity contribution in [1.29, 1.82) is 0 Å². The third-order valence-electron chi connectivity index (χ3n) is 4.75. The van der Waals surface area contributed by atoms with Crippen LogP contribution in [-0.4, -0.2) is 18.7 Å². The van der Waals surface area contributed by atoms with Crippen molar-refractivity contribution in [1.82, 2.24) is 0 Å². The van der Waals surface area contributed by atoms with Gasteiger partial charge < -0.3 is 14.9 Å². The van der Waals surface area contributed by atoms with Crippen molar-refractivity contribution in [3.8, 4) is 5.75 Å². The van der Waals surface area contributed by atoms with E-state index in [0.717, 1.165) is 16.9 Å². The zero-order valence-corrected chi connectivity index (χ0v) is 18.0. The lowest BCUT2D eigenvalue weighted by atomic mass is 10.1. The normalized spacial score (nSPS) is 10.9. The highest BCUT2D eigenvalue weighted by molar-refractivity contribution is 6.30. The van der Waals surface area contributed by atoms with Crippen LogP contribution in [0.4, 0.5) is 5.69 Å². The number of fused-ring (bicyclic) bond motifs is 1. The van der Waals surface area contributed by atoms with Crippen molar-refractivity contribution < 1.29 is 14.4 Å². The molecule has 0 atom stereocenters. The molecule has 0 saturated carbocycles. The average molecular weight is 445 g/mol. The molecule has 4 aromatic rings. The van der Waals surface area contributed by atoms with E-state index in [1.54, 1.807) is 30.5 Å². The second-order valence-electron chi connectivity index (χ2n) is 7.06. The summed E-state index contributed by atoms with van der Waals surface area (Å²) >= 11 is 5.82. The summed E-state index contributed by atoms with van der Waals surface area (Å²) in [6, 6.07) is 28.8. The number of carbonyl (C=O) groups excluding carboxylic acids is 1. The van der Waals surface area contributed by atoms with Crippen LogP contribution in [0.25, 0.3) is 10.8 Å². The molecular weight excluding hydrogens is 424 g/mol. The molecule has 0 aromatic heterocycles. The van der Waals surface area contributed by atoms with E-state index in [-0.39, 0.29) is 12.5 Å². The third-order valence-corrected chi connectivity index (χ3v) is 5.01. The van der Waals surface area contributed by atoms with Crippen LogP contribution < -0.4 is 10.1 Å². The van der Waals surface area contributed by atoms with Gasteiger partial charge in [-0.3, -0.25) is 4.79 Å². The smallest absolute Gasteiger partial charge is 0.265 e. The maximum Gasteiger partial charge on any atom is 0.265 e. The Morgan fingerprint density at radius 2 is 1.66 bits per heavy atom. The Kier molecular flexibility index (Phi) is 7.00. The summed E-state index contributed by atoms with van der Waals surface area (Å²) in [7, 11) is 0. The lowest BCUT2D eigenvalue weighted by Gasteiger charge is -2.09. The van der Waals surface area contributed by atoms with Crippen molar-refractivity contribution in [2.75, 3.05) is 11.9 Å². The molecule has 0 radical (unpaired) electrons. The van der Waals surface area contributed by atoms with Gasteiger partial charge in [-0.25, -0.2) is 0 Å². The number of carbonyl (C=O) groups is 1. The van der Waals surface area contributed by atoms with Gasteiger partial charge in [0.2, 0.25) is 0 Å². The van der Waals surface area contributed by atoms with Crippen LogP contribution in [0.3, 0.4) is 0 Å². The summed E-state index contributed by atoms with van der Waals surface area (Å²) in [5.41, 5.74) is 2.62. The molecule has 0 spiro atoms. The number of benzene rings is 4. The number of nitrogens with one attached hydrogen (secondary N) is 1. The van der Waals surface area contributed by atoms with Gasteiger partial charge in [0.1, 0.15) is 12.4 Å². The zero-order valence-electron chi connectivity index (χ0n) is 17.2. The molecule has 0 heterocycles. The minimum Gasteiger partial charge on any atom is -0.489 e. The van der Waals surface area contributed by atoms with Crippen LogP contribution in [0.1, 0.15) is 11.1 Å². The number of ether oxygens (including phenoxy) is 1. The number of amides is 1. The number of hydrogen-bond donors (Lipinski definition) is 1. The fourth-order valence-corrected chi connectivity index (χ4v) is 3.28. The van der Waals surface area contributed by atoms with Gasteiger partial charge >= 0.3 is 0 Å². The predicted molar refractivity (Wildman–Crippen MR) is 128 cm³/mol. The molecule has 0 aliphatic heterocycles. The first kappa shape index (κ1) is 21.4. The Labute approximate surface area is 191 Å². The second kappa shape index (κ2) is 10.5. The van der Waals surface area contributed by atoms with Crippen LogP contribution >= 0.6 is 11.6 Å². The summed E-state index contributed by atoms with van der Waals surface area (Å²) in [5.74, 6) is 0.458. The molecule has 0 aliphatic rings. The molecule has 4 aromatic carbocycles. The third kappa shape index (κ3) is 5.86. The topological polar surface area (TPSA) is 59.9 Å². The number of hydrogen-bond acceptors (Lipinski definition) is 4. The van der Waals surface area contributed by atoms with Crippen molar-refractivity contribution in [3.63, 3.8) is 0 Å². The van der Waals surface area contributed by atoms with E-state index in [1.165, 1.54) is 10.8 Å². The molecule has 5 nitrogen and oxygen atoms in total. The summed E-state index contributed by atoms with van der Waals surface area (Å²) < 4.78 is 5.94. The van der Waals surface area contributed by atoms with E-state index in [4.69, 9.17) is 21.2 Å². The van der Waals surface area contributed by atoms with Crippen LogP contribution in [-0.2, 0) is 16.2 Å². The van der Waals surface area contributed by atoms with Crippen LogP contribution in [0.2, 0.25) is 5.02 Å². The average Bonchev–Trinajstić information content (AvgIpc) is 2.83. The first-order valence-corrected chi connectivity index (χ1v) is 10.5. The van der Waals surface area contributed by atoms with E-state index in [2.05, 4.69) is 34.7 Å². The fourth-order valence-electron chi connectivity index (χ4n) is 3.15. The summed E-state index contributed by atoms with van der Waals surface area (Å²) in [4.78, 5) is 16.9. The van der Waals surface area contributed by atoms with Gasteiger partial charge in [-0.1, -0.05) is 59.2 Å². The maximum atomic E-state index is 11.9. The van der Waals surface area contributed by atoms with Crippen molar-refractivity contribution >= 4 is 40.2 Å². The molecular formula is C26H21ClN2O3. The summed E-state index contributed by atoms with van der Waals surface area (Å²) in [5, 5.41) is 9.54. The molecule has 160 valence electrons. The predicted octanol–water partition coefficient (Wildman–Crippen LogP) is 6.06. The monoisotopic (exact) mass is 444 g/mol. The Morgan fingerprint density at radius 3 is 2.47 bits per heavy atom. The van der Waals surface area contributed by atoms with Gasteiger partial charge in [0, 0.05) is 10.7 Å². The van der Waals surface area contributed by atoms with Crippen molar-refractivity contribution in [2.45, 2.75) is 6.61 Å². The van der Waals surface area contributed by atoms with Gasteiger partial charge in [-0.2, -0.15) is 0 Å². The molecule has 0 bridgehead atoms. The van der Waals surface area contributed by atoms with E-state index < -0.39 is 0 Å². The fraction of sp³-hybridized carbons (Fsp3) is 0.0769. The molecule has 4 rings (SSSR count). The molecule has 6 heteroatoms.